The van der Waals surface area contributed by atoms with Crippen LogP contribution in [0.2, 0.25) is 0 Å². The van der Waals surface area contributed by atoms with Crippen LogP contribution in [0.15, 0.2) is 15.7 Å². The van der Waals surface area contributed by atoms with Crippen LogP contribution < -0.4 is 5.32 Å². The van der Waals surface area contributed by atoms with Gasteiger partial charge < -0.3 is 5.32 Å². The second kappa shape index (κ2) is 6.35. The molecule has 0 amide bonds. The quantitative estimate of drug-likeness (QED) is 0.802. The molecular weight excluding hydrogens is 280 g/mol. The fraction of sp³-hybridized carbons (Fsp3) is 0.692. The minimum absolute atomic E-state index is 0.240. The molecule has 0 spiro atoms. The van der Waals surface area contributed by atoms with E-state index in [1.54, 1.807) is 4.31 Å². The molecule has 1 saturated carbocycles. The first-order chi connectivity index (χ1) is 9.09. The number of rotatable bonds is 8. The number of nitrogens with one attached hydrogen (secondary N) is 1. The van der Waals surface area contributed by atoms with E-state index in [2.05, 4.69) is 5.32 Å². The molecule has 1 aromatic rings. The predicted molar refractivity (Wildman–Crippen MR) is 78.9 cm³/mol. The summed E-state index contributed by atoms with van der Waals surface area (Å²) in [5, 5.41) is 5.15. The Morgan fingerprint density at radius 1 is 1.42 bits per heavy atom. The average Bonchev–Trinajstić information content (AvgIpc) is 3.10. The lowest BCUT2D eigenvalue weighted by Gasteiger charge is -2.19. The number of hydrogen-bond acceptors (Lipinski definition) is 4. The third-order valence-electron chi connectivity index (χ3n) is 3.17. The van der Waals surface area contributed by atoms with Crippen LogP contribution in [-0.2, 0) is 16.6 Å². The van der Waals surface area contributed by atoms with E-state index in [0.717, 1.165) is 37.9 Å². The van der Waals surface area contributed by atoms with Crippen LogP contribution in [-0.4, -0.2) is 31.9 Å². The maximum absolute atomic E-state index is 12.6. The lowest BCUT2D eigenvalue weighted by Crippen LogP contribution is -2.33. The highest BCUT2D eigenvalue weighted by molar-refractivity contribution is 7.91. The molecule has 4 nitrogen and oxygen atoms in total. The topological polar surface area (TPSA) is 49.4 Å². The zero-order chi connectivity index (χ0) is 13.9. The smallest absolute Gasteiger partial charge is 0.252 e. The molecule has 19 heavy (non-hydrogen) atoms. The van der Waals surface area contributed by atoms with Gasteiger partial charge in [0.2, 0.25) is 0 Å². The van der Waals surface area contributed by atoms with Crippen LogP contribution in [0.4, 0.5) is 0 Å². The summed E-state index contributed by atoms with van der Waals surface area (Å²) in [6, 6.07) is 2.05. The van der Waals surface area contributed by atoms with Crippen molar-refractivity contribution in [2.45, 2.75) is 49.9 Å². The molecule has 0 bridgehead atoms. The summed E-state index contributed by atoms with van der Waals surface area (Å²) in [5.41, 5.74) is 1.05. The van der Waals surface area contributed by atoms with Crippen molar-refractivity contribution in [3.8, 4) is 0 Å². The van der Waals surface area contributed by atoms with Crippen molar-refractivity contribution in [1.82, 2.24) is 9.62 Å². The minimum Gasteiger partial charge on any atom is -0.313 e. The summed E-state index contributed by atoms with van der Waals surface area (Å²) in [6.45, 7) is 6.32. The van der Waals surface area contributed by atoms with E-state index >= 15 is 0 Å². The Hall–Kier alpha value is -0.430. The molecular formula is C13H22N2O2S2. The molecule has 0 aromatic carbocycles. The fourth-order valence-electron chi connectivity index (χ4n) is 2.05. The number of nitrogens with zero attached hydrogens (tertiary/aromatic N) is 1. The van der Waals surface area contributed by atoms with Gasteiger partial charge >= 0.3 is 0 Å². The number of sulfonamides is 1. The molecule has 108 valence electrons. The molecule has 0 atom stereocenters. The minimum atomic E-state index is -3.28. The highest BCUT2D eigenvalue weighted by Crippen LogP contribution is 2.34. The van der Waals surface area contributed by atoms with Gasteiger partial charge in [0.15, 0.2) is 0 Å². The Morgan fingerprint density at radius 2 is 2.16 bits per heavy atom. The fourth-order valence-corrected chi connectivity index (χ4v) is 5.16. The summed E-state index contributed by atoms with van der Waals surface area (Å²) in [5.74, 6) is 0. The summed E-state index contributed by atoms with van der Waals surface area (Å²) in [4.78, 5) is 0. The van der Waals surface area contributed by atoms with Gasteiger partial charge in [-0.25, -0.2) is 8.42 Å². The summed E-state index contributed by atoms with van der Waals surface area (Å²) in [6.07, 6.45) is 2.88. The molecule has 6 heteroatoms. The SMILES string of the molecule is CCCN(C1CC1)S(=O)(=O)c1cc(CNCC)cs1. The molecule has 1 N–H and O–H groups in total. The molecule has 0 saturated heterocycles. The van der Waals surface area contributed by atoms with Crippen molar-refractivity contribution in [3.63, 3.8) is 0 Å². The van der Waals surface area contributed by atoms with Gasteiger partial charge in [0.25, 0.3) is 10.0 Å². The zero-order valence-electron chi connectivity index (χ0n) is 11.6. The molecule has 2 rings (SSSR count). The highest BCUT2D eigenvalue weighted by atomic mass is 32.2. The van der Waals surface area contributed by atoms with Gasteiger partial charge in [-0.2, -0.15) is 4.31 Å². The average molecular weight is 302 g/mol. The van der Waals surface area contributed by atoms with E-state index in [-0.39, 0.29) is 6.04 Å². The molecule has 1 aliphatic rings. The van der Waals surface area contributed by atoms with Crippen LogP contribution in [0.25, 0.3) is 0 Å². The van der Waals surface area contributed by atoms with Gasteiger partial charge in [-0.3, -0.25) is 0 Å². The molecule has 0 unspecified atom stereocenters. The standard InChI is InChI=1S/C13H22N2O2S2/c1-3-7-15(12-5-6-12)19(16,17)13-8-11(10-18-13)9-14-4-2/h8,10,12,14H,3-7,9H2,1-2H3. The van der Waals surface area contributed by atoms with E-state index in [1.165, 1.54) is 11.3 Å². The monoisotopic (exact) mass is 302 g/mol. The van der Waals surface area contributed by atoms with Gasteiger partial charge in [-0.15, -0.1) is 11.3 Å². The Bertz CT molecular complexity index is 506. The van der Waals surface area contributed by atoms with Crippen LogP contribution in [0.5, 0.6) is 0 Å². The Balaban J connectivity index is 2.15. The molecule has 1 heterocycles. The van der Waals surface area contributed by atoms with Crippen molar-refractivity contribution in [2.75, 3.05) is 13.1 Å². The lowest BCUT2D eigenvalue weighted by atomic mass is 10.3. The predicted octanol–water partition coefficient (Wildman–Crippen LogP) is 2.42. The summed E-state index contributed by atoms with van der Waals surface area (Å²) in [7, 11) is -3.28. The van der Waals surface area contributed by atoms with Crippen molar-refractivity contribution >= 4 is 21.4 Å². The number of thiophene rings is 1. The second-order valence-corrected chi connectivity index (χ2v) is 7.93. The molecule has 0 aliphatic heterocycles. The van der Waals surface area contributed by atoms with Gasteiger partial charge in [0.1, 0.15) is 4.21 Å². The van der Waals surface area contributed by atoms with E-state index in [4.69, 9.17) is 0 Å². The van der Waals surface area contributed by atoms with E-state index in [9.17, 15) is 8.42 Å². The maximum atomic E-state index is 12.6. The lowest BCUT2D eigenvalue weighted by molar-refractivity contribution is 0.404. The first-order valence-corrected chi connectivity index (χ1v) is 9.21. The van der Waals surface area contributed by atoms with Crippen molar-refractivity contribution in [3.05, 3.63) is 17.0 Å². The van der Waals surface area contributed by atoms with Gasteiger partial charge in [-0.05, 0) is 42.8 Å². The van der Waals surface area contributed by atoms with E-state index in [0.29, 0.717) is 10.8 Å². The third-order valence-corrected chi connectivity index (χ3v) is 6.59. The first-order valence-electron chi connectivity index (χ1n) is 6.89. The van der Waals surface area contributed by atoms with Crippen molar-refractivity contribution in [2.24, 2.45) is 0 Å². The van der Waals surface area contributed by atoms with Gasteiger partial charge in [0, 0.05) is 19.1 Å². The van der Waals surface area contributed by atoms with Crippen LogP contribution in [0.3, 0.4) is 0 Å². The second-order valence-electron chi connectivity index (χ2n) is 4.90. The highest BCUT2D eigenvalue weighted by Gasteiger charge is 2.37. The van der Waals surface area contributed by atoms with Crippen molar-refractivity contribution < 1.29 is 8.42 Å². The summed E-state index contributed by atoms with van der Waals surface area (Å²) < 4.78 is 27.4. The number of hydrogen-bond donors (Lipinski definition) is 1. The summed E-state index contributed by atoms with van der Waals surface area (Å²) >= 11 is 1.34. The largest absolute Gasteiger partial charge is 0.313 e. The molecule has 1 fully saturated rings. The molecule has 1 aliphatic carbocycles. The Morgan fingerprint density at radius 3 is 2.74 bits per heavy atom. The normalized spacial score (nSPS) is 16.2. The van der Waals surface area contributed by atoms with Gasteiger partial charge in [0.05, 0.1) is 0 Å². The van der Waals surface area contributed by atoms with Crippen LogP contribution >= 0.6 is 11.3 Å². The van der Waals surface area contributed by atoms with E-state index in [1.807, 2.05) is 25.3 Å². The third kappa shape index (κ3) is 3.56. The molecule has 1 aromatic heterocycles. The Kier molecular flexibility index (Phi) is 5.00. The first kappa shape index (κ1) is 15.0. The van der Waals surface area contributed by atoms with Crippen LogP contribution in [0.1, 0.15) is 38.7 Å². The Labute approximate surface area is 119 Å². The molecule has 0 radical (unpaired) electrons. The van der Waals surface area contributed by atoms with Gasteiger partial charge in [-0.1, -0.05) is 13.8 Å². The van der Waals surface area contributed by atoms with Crippen molar-refractivity contribution in [1.29, 1.82) is 0 Å². The van der Waals surface area contributed by atoms with E-state index < -0.39 is 10.0 Å². The zero-order valence-corrected chi connectivity index (χ0v) is 13.2. The van der Waals surface area contributed by atoms with Crippen LogP contribution in [0, 0.1) is 0 Å². The maximum Gasteiger partial charge on any atom is 0.252 e.